The Bertz CT molecular complexity index is 444. The Morgan fingerprint density at radius 3 is 2.86 bits per heavy atom. The van der Waals surface area contributed by atoms with Crippen LogP contribution in [-0.2, 0) is 0 Å². The van der Waals surface area contributed by atoms with Crippen LogP contribution in [0, 0.1) is 5.92 Å². The SMILES string of the molecule is CC(Br)[C@@H]1CC1S1(NC2/C=N/C=CCCC/C=C/S2)CC1. The van der Waals surface area contributed by atoms with Crippen LogP contribution in [0.1, 0.15) is 32.6 Å². The minimum atomic E-state index is -0.539. The van der Waals surface area contributed by atoms with Crippen LogP contribution in [0.5, 0.6) is 0 Å². The predicted octanol–water partition coefficient (Wildman–Crippen LogP) is 4.82. The summed E-state index contributed by atoms with van der Waals surface area (Å²) < 4.78 is 3.98. The smallest absolute Gasteiger partial charge is 0.101 e. The molecular formula is C16H25BrN2S2. The Morgan fingerprint density at radius 2 is 2.14 bits per heavy atom. The molecule has 0 bridgehead atoms. The average molecular weight is 389 g/mol. The summed E-state index contributed by atoms with van der Waals surface area (Å²) in [6.07, 6.45) is 13.5. The Kier molecular flexibility index (Phi) is 5.57. The third-order valence-corrected chi connectivity index (χ3v) is 9.84. The van der Waals surface area contributed by atoms with Gasteiger partial charge >= 0.3 is 0 Å². The number of allylic oxidation sites excluding steroid dienone is 2. The highest BCUT2D eigenvalue weighted by Crippen LogP contribution is 2.72. The van der Waals surface area contributed by atoms with Crippen molar-refractivity contribution in [2.24, 2.45) is 10.9 Å². The molecule has 0 aromatic carbocycles. The van der Waals surface area contributed by atoms with Crippen molar-refractivity contribution in [3.63, 3.8) is 0 Å². The Labute approximate surface area is 142 Å². The van der Waals surface area contributed by atoms with Gasteiger partial charge in [-0.15, -0.1) is 11.8 Å². The number of hydrogen-bond acceptors (Lipinski definition) is 3. The number of thioether (sulfide) groups is 1. The minimum absolute atomic E-state index is 0.341. The molecule has 3 rings (SSSR count). The van der Waals surface area contributed by atoms with Crippen molar-refractivity contribution >= 4 is 44.1 Å². The molecule has 0 radical (unpaired) electrons. The Hall–Kier alpha value is 0.290. The minimum Gasteiger partial charge on any atom is -0.267 e. The standard InChI is InChI=1S/C16H25BrN2S2/c1-13(17)14-11-15(14)21(9-10-21)19-16-12-18-7-5-3-2-4-6-8-20-16/h5-8,12-16,19H,2-4,9-11H2,1H3/b7-5?,8-6+,18-12+/t13?,14-,15?,16?/m0/s1. The first kappa shape index (κ1) is 16.2. The zero-order valence-electron chi connectivity index (χ0n) is 12.6. The third-order valence-electron chi connectivity index (χ3n) is 4.42. The van der Waals surface area contributed by atoms with E-state index in [2.05, 4.69) is 56.3 Å². The van der Waals surface area contributed by atoms with Crippen molar-refractivity contribution in [3.8, 4) is 0 Å². The monoisotopic (exact) mass is 388 g/mol. The van der Waals surface area contributed by atoms with Crippen molar-refractivity contribution in [1.29, 1.82) is 0 Å². The van der Waals surface area contributed by atoms with Gasteiger partial charge in [0.25, 0.3) is 0 Å². The zero-order valence-corrected chi connectivity index (χ0v) is 15.8. The molecule has 0 spiro atoms. The van der Waals surface area contributed by atoms with Crippen molar-refractivity contribution in [1.82, 2.24) is 4.72 Å². The van der Waals surface area contributed by atoms with Gasteiger partial charge in [0.15, 0.2) is 0 Å². The Morgan fingerprint density at radius 1 is 1.33 bits per heavy atom. The molecule has 0 aromatic rings. The third kappa shape index (κ3) is 4.40. The molecule has 3 aliphatic rings. The van der Waals surface area contributed by atoms with Gasteiger partial charge in [-0.05, 0) is 48.5 Å². The summed E-state index contributed by atoms with van der Waals surface area (Å²) in [5, 5.41) is 3.55. The van der Waals surface area contributed by atoms with Gasteiger partial charge in [0.2, 0.25) is 0 Å². The van der Waals surface area contributed by atoms with E-state index < -0.39 is 10.2 Å². The van der Waals surface area contributed by atoms with Gasteiger partial charge in [-0.3, -0.25) is 9.71 Å². The maximum Gasteiger partial charge on any atom is 0.101 e. The maximum absolute atomic E-state index is 4.48. The molecule has 1 aliphatic carbocycles. The lowest BCUT2D eigenvalue weighted by Gasteiger charge is -2.27. The number of alkyl halides is 1. The lowest BCUT2D eigenvalue weighted by atomic mass is 10.2. The van der Waals surface area contributed by atoms with Gasteiger partial charge in [-0.1, -0.05) is 35.0 Å². The molecule has 2 fully saturated rings. The molecule has 1 saturated carbocycles. The van der Waals surface area contributed by atoms with Gasteiger partial charge < -0.3 is 0 Å². The molecule has 118 valence electrons. The number of aliphatic imine (C=N–C) groups is 1. The van der Waals surface area contributed by atoms with E-state index in [0.29, 0.717) is 10.2 Å². The lowest BCUT2D eigenvalue weighted by molar-refractivity contribution is 0.834. The number of nitrogens with zero attached hydrogens (tertiary/aromatic N) is 1. The first-order chi connectivity index (χ1) is 10.2. The molecule has 2 heterocycles. The van der Waals surface area contributed by atoms with E-state index >= 15 is 0 Å². The molecule has 5 heteroatoms. The molecule has 4 atom stereocenters. The molecule has 21 heavy (non-hydrogen) atoms. The van der Waals surface area contributed by atoms with Gasteiger partial charge in [-0.2, -0.15) is 10.2 Å². The first-order valence-electron chi connectivity index (χ1n) is 7.89. The fraction of sp³-hybridized carbons (Fsp3) is 0.688. The highest BCUT2D eigenvalue weighted by atomic mass is 79.9. The van der Waals surface area contributed by atoms with Crippen LogP contribution in [0.25, 0.3) is 0 Å². The van der Waals surface area contributed by atoms with E-state index in [1.165, 1.54) is 30.8 Å². The number of rotatable bonds is 4. The second-order valence-electron chi connectivity index (χ2n) is 6.13. The van der Waals surface area contributed by atoms with Crippen molar-refractivity contribution in [2.75, 3.05) is 11.5 Å². The summed E-state index contributed by atoms with van der Waals surface area (Å²) in [7, 11) is -0.539. The predicted molar refractivity (Wildman–Crippen MR) is 103 cm³/mol. The van der Waals surface area contributed by atoms with Crippen molar-refractivity contribution in [3.05, 3.63) is 23.8 Å². The highest BCUT2D eigenvalue weighted by molar-refractivity contribution is 9.09. The van der Waals surface area contributed by atoms with E-state index in [-0.39, 0.29) is 0 Å². The Balaban J connectivity index is 1.60. The molecule has 0 aromatic heterocycles. The molecule has 0 amide bonds. The molecule has 1 N–H and O–H groups in total. The van der Waals surface area contributed by atoms with Crippen LogP contribution in [0.15, 0.2) is 28.8 Å². The quantitative estimate of drug-likeness (QED) is 0.551. The molecular weight excluding hydrogens is 364 g/mol. The van der Waals surface area contributed by atoms with E-state index in [0.717, 1.165) is 17.6 Å². The zero-order chi connectivity index (χ0) is 14.7. The van der Waals surface area contributed by atoms with Crippen molar-refractivity contribution < 1.29 is 0 Å². The van der Waals surface area contributed by atoms with E-state index in [1.54, 1.807) is 0 Å². The summed E-state index contributed by atoms with van der Waals surface area (Å²) in [6.45, 7) is 2.30. The van der Waals surface area contributed by atoms with Gasteiger partial charge in [0.1, 0.15) is 5.37 Å². The van der Waals surface area contributed by atoms with E-state index in [1.807, 2.05) is 18.0 Å². The summed E-state index contributed by atoms with van der Waals surface area (Å²) >= 11 is 5.66. The van der Waals surface area contributed by atoms with Crippen LogP contribution in [0.3, 0.4) is 0 Å². The summed E-state index contributed by atoms with van der Waals surface area (Å²) in [6, 6.07) is 0. The summed E-state index contributed by atoms with van der Waals surface area (Å²) in [4.78, 5) is 5.15. The second-order valence-corrected chi connectivity index (χ2v) is 12.2. The molecule has 1 saturated heterocycles. The fourth-order valence-electron chi connectivity index (χ4n) is 2.94. The maximum atomic E-state index is 4.48. The molecule has 3 unspecified atom stereocenters. The van der Waals surface area contributed by atoms with Crippen LogP contribution in [0.2, 0.25) is 0 Å². The topological polar surface area (TPSA) is 24.4 Å². The van der Waals surface area contributed by atoms with Gasteiger partial charge in [-0.25, -0.2) is 0 Å². The van der Waals surface area contributed by atoms with Gasteiger partial charge in [0.05, 0.1) is 0 Å². The summed E-state index contributed by atoms with van der Waals surface area (Å²) in [5.74, 6) is 3.73. The number of hydrogen-bond donors (Lipinski definition) is 1. The highest BCUT2D eigenvalue weighted by Gasteiger charge is 2.57. The van der Waals surface area contributed by atoms with Crippen LogP contribution in [-0.4, -0.2) is 33.2 Å². The van der Waals surface area contributed by atoms with Crippen LogP contribution < -0.4 is 4.72 Å². The number of halogens is 1. The summed E-state index contributed by atoms with van der Waals surface area (Å²) in [5.41, 5.74) is 0. The van der Waals surface area contributed by atoms with Crippen LogP contribution in [0.4, 0.5) is 0 Å². The van der Waals surface area contributed by atoms with Crippen molar-refractivity contribution in [2.45, 2.75) is 48.1 Å². The second kappa shape index (κ2) is 7.24. The first-order valence-corrected chi connectivity index (χ1v) is 11.8. The average Bonchev–Trinajstić information content (AvgIpc) is 3.33. The van der Waals surface area contributed by atoms with E-state index in [9.17, 15) is 0 Å². The normalized spacial score (nSPS) is 40.6. The van der Waals surface area contributed by atoms with E-state index in [4.69, 9.17) is 0 Å². The number of nitrogens with one attached hydrogen (secondary N) is 1. The lowest BCUT2D eigenvalue weighted by Crippen LogP contribution is -2.28. The molecule has 2 nitrogen and oxygen atoms in total. The fourth-order valence-corrected chi connectivity index (χ4v) is 8.83. The largest absolute Gasteiger partial charge is 0.267 e. The van der Waals surface area contributed by atoms with Crippen LogP contribution >= 0.6 is 37.9 Å². The van der Waals surface area contributed by atoms with Gasteiger partial charge in [0, 0.05) is 22.5 Å². The molecule has 2 aliphatic heterocycles.